The summed E-state index contributed by atoms with van der Waals surface area (Å²) in [4.78, 5) is 44.4. The first-order valence-corrected chi connectivity index (χ1v) is 22.5. The van der Waals surface area contributed by atoms with Crippen molar-refractivity contribution in [2.24, 2.45) is 13.0 Å². The van der Waals surface area contributed by atoms with Gasteiger partial charge in [0.2, 0.25) is 11.9 Å². The molecule has 4 aliphatic rings. The predicted molar refractivity (Wildman–Crippen MR) is 239 cm³/mol. The molecule has 1 aromatic carbocycles. The molecule has 8 rings (SSSR count). The van der Waals surface area contributed by atoms with Crippen LogP contribution in [-0.2, 0) is 21.4 Å². The van der Waals surface area contributed by atoms with Crippen molar-refractivity contribution in [3.05, 3.63) is 64.3 Å². The van der Waals surface area contributed by atoms with Crippen LogP contribution in [0, 0.1) is 24.5 Å². The molecule has 5 atom stereocenters. The fraction of sp³-hybridized carbons (Fsp3) is 0.535. The van der Waals surface area contributed by atoms with Gasteiger partial charge in [0.15, 0.2) is 18.7 Å². The molecule has 0 aliphatic carbocycles. The number of fused-ring (bicyclic) bond motifs is 2. The second-order valence-electron chi connectivity index (χ2n) is 17.1. The van der Waals surface area contributed by atoms with Crippen molar-refractivity contribution in [1.82, 2.24) is 40.3 Å². The van der Waals surface area contributed by atoms with Gasteiger partial charge in [-0.2, -0.15) is 10.1 Å². The monoisotopic (exact) mass is 969 g/mol. The van der Waals surface area contributed by atoms with Crippen LogP contribution in [0.4, 0.5) is 32.1 Å². The highest BCUT2D eigenvalue weighted by molar-refractivity contribution is 14.1. The second kappa shape index (κ2) is 18.2. The molecule has 332 valence electrons. The highest BCUT2D eigenvalue weighted by Crippen LogP contribution is 2.40. The number of likely N-dealkylation sites (tertiary alicyclic amines) is 1. The number of rotatable bonds is 11. The fourth-order valence-electron chi connectivity index (χ4n) is 9.25. The van der Waals surface area contributed by atoms with E-state index >= 15 is 8.78 Å². The van der Waals surface area contributed by atoms with Crippen molar-refractivity contribution < 1.29 is 33.3 Å². The van der Waals surface area contributed by atoms with Crippen molar-refractivity contribution in [3.63, 3.8) is 0 Å². The number of hydrogen-bond donors (Lipinski definition) is 5. The Balaban J connectivity index is 0.887. The topological polar surface area (TPSA) is 186 Å². The molecule has 0 saturated carbocycles. The first kappa shape index (κ1) is 43.9. The molecular weight excluding hydrogens is 915 g/mol. The summed E-state index contributed by atoms with van der Waals surface area (Å²) in [6.45, 7) is 9.55. The number of hydrogen-bond acceptors (Lipinski definition) is 13. The second-order valence-corrected chi connectivity index (χ2v) is 18.7. The first-order chi connectivity index (χ1) is 29.7. The highest BCUT2D eigenvalue weighted by atomic mass is 127. The lowest BCUT2D eigenvalue weighted by atomic mass is 9.86. The minimum atomic E-state index is -1.16. The van der Waals surface area contributed by atoms with Crippen LogP contribution in [0.5, 0.6) is 0 Å². The summed E-state index contributed by atoms with van der Waals surface area (Å²) in [6, 6.07) is 3.17. The Morgan fingerprint density at radius 3 is 2.58 bits per heavy atom. The number of piperidine rings is 3. The summed E-state index contributed by atoms with van der Waals surface area (Å²) in [6.07, 6.45) is 5.74. The third-order valence-corrected chi connectivity index (χ3v) is 14.0. The first-order valence-electron chi connectivity index (χ1n) is 21.3. The van der Waals surface area contributed by atoms with Crippen LogP contribution in [-0.4, -0.2) is 120 Å². The predicted octanol–water partition coefficient (Wildman–Crippen LogP) is 4.56. The molecule has 4 unspecified atom stereocenters. The van der Waals surface area contributed by atoms with Gasteiger partial charge < -0.3 is 45.6 Å². The van der Waals surface area contributed by atoms with Crippen molar-refractivity contribution in [2.75, 3.05) is 61.5 Å². The maximum Gasteiger partial charge on any atom is 0.257 e. The van der Waals surface area contributed by atoms with Gasteiger partial charge >= 0.3 is 0 Å². The number of aliphatic hydroxyl groups excluding tert-OH is 2. The number of carbonyl (C=O) groups excluding carboxylic acids is 2. The molecule has 0 bridgehead atoms. The number of aliphatic hydroxyl groups is 2. The van der Waals surface area contributed by atoms with E-state index < -0.39 is 30.0 Å². The maximum atomic E-state index is 16.3. The van der Waals surface area contributed by atoms with Crippen LogP contribution in [0.25, 0.3) is 17.0 Å². The molecule has 3 fully saturated rings. The third-order valence-electron chi connectivity index (χ3n) is 12.6. The summed E-state index contributed by atoms with van der Waals surface area (Å²) in [5, 5.41) is 34.9. The van der Waals surface area contributed by atoms with E-state index in [2.05, 4.69) is 53.4 Å². The summed E-state index contributed by atoms with van der Waals surface area (Å²) < 4.78 is 39.5. The molecule has 3 aromatic heterocycles. The Kier molecular flexibility index (Phi) is 12.9. The Bertz CT molecular complexity index is 2370. The average Bonchev–Trinajstić information content (AvgIpc) is 3.56. The quantitative estimate of drug-likeness (QED) is 0.104. The lowest BCUT2D eigenvalue weighted by Gasteiger charge is -2.40. The van der Waals surface area contributed by atoms with Crippen LogP contribution in [0.1, 0.15) is 80.2 Å². The summed E-state index contributed by atoms with van der Waals surface area (Å²) in [5.41, 5.74) is 2.99. The van der Waals surface area contributed by atoms with Crippen LogP contribution in [0.3, 0.4) is 0 Å². The Morgan fingerprint density at radius 2 is 1.87 bits per heavy atom. The lowest BCUT2D eigenvalue weighted by molar-refractivity contribution is -0.127. The van der Waals surface area contributed by atoms with Gasteiger partial charge in [-0.15, -0.1) is 0 Å². The van der Waals surface area contributed by atoms with Crippen LogP contribution >= 0.6 is 22.6 Å². The van der Waals surface area contributed by atoms with E-state index in [1.165, 1.54) is 17.8 Å². The van der Waals surface area contributed by atoms with Gasteiger partial charge in [0.25, 0.3) is 5.91 Å². The number of ether oxygens (including phenoxy) is 1. The molecule has 16 nitrogen and oxygen atoms in total. The van der Waals surface area contributed by atoms with E-state index in [0.29, 0.717) is 63.5 Å². The molecule has 19 heteroatoms. The highest BCUT2D eigenvalue weighted by Gasteiger charge is 2.37. The molecule has 62 heavy (non-hydrogen) atoms. The smallest absolute Gasteiger partial charge is 0.257 e. The van der Waals surface area contributed by atoms with Crippen LogP contribution in [0.15, 0.2) is 30.3 Å². The third kappa shape index (κ3) is 8.77. The standard InChI is InChI=1S/C43H54F2IN11O5/c1-22(2)57-40-26(15-32(42(57)61)62-21-34(59)47-4)14-27(18-48-40)50-39-23(3)17-49-43(52-39)56-13-10-25(31(46)20-56)19-55-11-8-24(9-12-55)35-30(44)16-29-37(53-54(5)38(29)36(35)45)28-6-7-33(58)51-41(28)60/h14-18,22,24-25,28,31,41-42,60-61H,6-13,19-21H2,1-5H3,(H,47,59)(H,51,58)(H,49,50,52)/t25?,28?,31-,41?,42?/m1/s1. The Labute approximate surface area is 372 Å². The minimum absolute atomic E-state index is 0.100. The van der Waals surface area contributed by atoms with Gasteiger partial charge in [0.05, 0.1) is 17.6 Å². The number of pyridine rings is 1. The van der Waals surface area contributed by atoms with E-state index in [1.807, 2.05) is 33.0 Å². The van der Waals surface area contributed by atoms with E-state index in [0.717, 1.165) is 50.3 Å². The summed E-state index contributed by atoms with van der Waals surface area (Å²) in [7, 11) is 3.16. The molecule has 3 saturated heterocycles. The number of carbonyl (C=O) groups is 2. The zero-order valence-electron chi connectivity index (χ0n) is 35.5. The average molecular weight is 970 g/mol. The summed E-state index contributed by atoms with van der Waals surface area (Å²) >= 11 is 2.53. The van der Waals surface area contributed by atoms with E-state index in [9.17, 15) is 19.8 Å². The number of benzene rings is 1. The van der Waals surface area contributed by atoms with Gasteiger partial charge in [-0.1, -0.05) is 22.6 Å². The number of nitrogens with zero attached hydrogens (tertiary/aromatic N) is 8. The van der Waals surface area contributed by atoms with Gasteiger partial charge in [0.1, 0.15) is 35.0 Å². The Morgan fingerprint density at radius 1 is 1.10 bits per heavy atom. The van der Waals surface area contributed by atoms with Gasteiger partial charge in [0, 0.05) is 84.3 Å². The SMILES string of the molecule is CNC(=O)COC1=Cc2cc(Nc3nc(N4CCC(CN5CCC(c6c(F)cc7c(C8CCC(=O)NC8O)nn(C)c7c6F)CC5)[C@H](I)C4)ncc3C)cnc2N(C(C)C)C1O. The molecule has 0 spiro atoms. The van der Waals surface area contributed by atoms with E-state index in [4.69, 9.17) is 19.7 Å². The van der Waals surface area contributed by atoms with Crippen LogP contribution in [0.2, 0.25) is 0 Å². The molecule has 0 radical (unpaired) electrons. The van der Waals surface area contributed by atoms with Crippen LogP contribution < -0.4 is 25.8 Å². The van der Waals surface area contributed by atoms with Crippen molar-refractivity contribution in [2.45, 2.75) is 87.1 Å². The fourth-order valence-corrected chi connectivity index (χ4v) is 10.3. The normalized spacial score (nSPS) is 23.6. The zero-order valence-corrected chi connectivity index (χ0v) is 37.7. The van der Waals surface area contributed by atoms with E-state index in [1.54, 1.807) is 24.2 Å². The molecule has 4 aliphatic heterocycles. The lowest BCUT2D eigenvalue weighted by Crippen LogP contribution is -2.47. The largest absolute Gasteiger partial charge is 0.483 e. The van der Waals surface area contributed by atoms with Crippen molar-refractivity contribution in [3.8, 4) is 0 Å². The number of alkyl halides is 1. The van der Waals surface area contributed by atoms with Gasteiger partial charge in [-0.25, -0.2) is 18.7 Å². The molecule has 7 heterocycles. The number of halogens is 3. The van der Waals surface area contributed by atoms with Gasteiger partial charge in [-0.05, 0) is 89.6 Å². The number of aromatic nitrogens is 5. The van der Waals surface area contributed by atoms with Gasteiger partial charge in [-0.3, -0.25) is 14.3 Å². The molecule has 4 aromatic rings. The maximum absolute atomic E-state index is 16.3. The zero-order chi connectivity index (χ0) is 44.0. The molecular formula is C43H54F2IN11O5. The number of aryl methyl sites for hydroxylation is 2. The van der Waals surface area contributed by atoms with E-state index in [-0.39, 0.29) is 53.6 Å². The number of nitrogens with one attached hydrogen (secondary N) is 3. The molecule has 5 N–H and O–H groups in total. The van der Waals surface area contributed by atoms with Crippen molar-refractivity contribution >= 4 is 74.7 Å². The Hall–Kier alpha value is -4.73. The minimum Gasteiger partial charge on any atom is -0.483 e. The number of amides is 2. The number of likely N-dealkylation sites (N-methyl/N-ethyl adjacent to an activating group) is 1. The van der Waals surface area contributed by atoms with Crippen molar-refractivity contribution in [1.29, 1.82) is 0 Å². The number of anilines is 4. The molecule has 2 amide bonds. The summed E-state index contributed by atoms with van der Waals surface area (Å²) in [5.74, 6) is -0.0103.